The van der Waals surface area contributed by atoms with E-state index in [1.807, 2.05) is 11.9 Å². The first kappa shape index (κ1) is 9.81. The van der Waals surface area contributed by atoms with Crippen LogP contribution in [-0.2, 0) is 4.79 Å². The maximum atomic E-state index is 11.6. The van der Waals surface area contributed by atoms with Crippen LogP contribution in [-0.4, -0.2) is 37.5 Å². The number of halogens is 1. The number of likely N-dealkylation sites (tertiary alicyclic amines) is 1. The van der Waals surface area contributed by atoms with Crippen LogP contribution >= 0.6 is 12.4 Å². The zero-order valence-corrected chi connectivity index (χ0v) is 8.12. The van der Waals surface area contributed by atoms with Crippen LogP contribution in [0.3, 0.4) is 0 Å². The molecule has 2 saturated heterocycles. The standard InChI is InChI=1S/C8H14N2O.ClH/c1-10-5-3-8(7(10)11)2-4-9-6-8;/h9H,2-6H2,1H3;1H/t8-;/m0./s1. The molecule has 0 unspecified atom stereocenters. The van der Waals surface area contributed by atoms with Gasteiger partial charge in [0, 0.05) is 20.1 Å². The number of carbonyl (C=O) groups is 1. The van der Waals surface area contributed by atoms with Gasteiger partial charge in [0.05, 0.1) is 5.41 Å². The summed E-state index contributed by atoms with van der Waals surface area (Å²) in [6, 6.07) is 0. The fourth-order valence-electron chi connectivity index (χ4n) is 2.13. The van der Waals surface area contributed by atoms with E-state index in [-0.39, 0.29) is 17.8 Å². The lowest BCUT2D eigenvalue weighted by Crippen LogP contribution is -2.34. The highest BCUT2D eigenvalue weighted by Gasteiger charge is 2.46. The fourth-order valence-corrected chi connectivity index (χ4v) is 2.13. The second kappa shape index (κ2) is 3.23. The van der Waals surface area contributed by atoms with E-state index >= 15 is 0 Å². The predicted molar refractivity (Wildman–Crippen MR) is 49.4 cm³/mol. The third kappa shape index (κ3) is 1.21. The minimum absolute atomic E-state index is 0. The fraction of sp³-hybridized carbons (Fsp3) is 0.875. The van der Waals surface area contributed by atoms with Crippen LogP contribution in [0.1, 0.15) is 12.8 Å². The maximum absolute atomic E-state index is 11.6. The smallest absolute Gasteiger partial charge is 0.229 e. The molecule has 0 aromatic rings. The van der Waals surface area contributed by atoms with E-state index < -0.39 is 0 Å². The summed E-state index contributed by atoms with van der Waals surface area (Å²) in [5.74, 6) is 0.350. The van der Waals surface area contributed by atoms with Crippen LogP contribution in [0.5, 0.6) is 0 Å². The van der Waals surface area contributed by atoms with Gasteiger partial charge in [0.1, 0.15) is 0 Å². The molecular formula is C8H15ClN2O. The number of rotatable bonds is 0. The molecule has 1 amide bonds. The van der Waals surface area contributed by atoms with Crippen LogP contribution in [0.2, 0.25) is 0 Å². The maximum Gasteiger partial charge on any atom is 0.229 e. The van der Waals surface area contributed by atoms with E-state index in [2.05, 4.69) is 5.32 Å². The van der Waals surface area contributed by atoms with Crippen molar-refractivity contribution in [3.05, 3.63) is 0 Å². The molecule has 1 atom stereocenters. The van der Waals surface area contributed by atoms with Crippen molar-refractivity contribution in [2.24, 2.45) is 5.41 Å². The van der Waals surface area contributed by atoms with Gasteiger partial charge in [-0.3, -0.25) is 4.79 Å². The first-order chi connectivity index (χ1) is 5.25. The Morgan fingerprint density at radius 3 is 2.67 bits per heavy atom. The van der Waals surface area contributed by atoms with Crippen molar-refractivity contribution in [3.63, 3.8) is 0 Å². The van der Waals surface area contributed by atoms with Crippen molar-refractivity contribution in [3.8, 4) is 0 Å². The molecule has 2 aliphatic rings. The van der Waals surface area contributed by atoms with Gasteiger partial charge in [-0.05, 0) is 19.4 Å². The molecule has 3 nitrogen and oxygen atoms in total. The Balaban J connectivity index is 0.000000720. The first-order valence-corrected chi connectivity index (χ1v) is 4.21. The molecule has 2 aliphatic heterocycles. The van der Waals surface area contributed by atoms with E-state index in [1.54, 1.807) is 0 Å². The Bertz CT molecular complexity index is 189. The Hall–Kier alpha value is -0.280. The molecule has 12 heavy (non-hydrogen) atoms. The average Bonchev–Trinajstić information content (AvgIpc) is 2.56. The van der Waals surface area contributed by atoms with E-state index in [1.165, 1.54) is 0 Å². The van der Waals surface area contributed by atoms with Gasteiger partial charge in [0.25, 0.3) is 0 Å². The highest BCUT2D eigenvalue weighted by Crippen LogP contribution is 2.36. The molecule has 1 N–H and O–H groups in total. The van der Waals surface area contributed by atoms with E-state index in [0.29, 0.717) is 5.91 Å². The van der Waals surface area contributed by atoms with Crippen LogP contribution in [0, 0.1) is 5.41 Å². The SMILES string of the molecule is CN1CC[C@]2(CCNC2)C1=O.Cl. The van der Waals surface area contributed by atoms with E-state index in [4.69, 9.17) is 0 Å². The van der Waals surface area contributed by atoms with Crippen LogP contribution in [0.4, 0.5) is 0 Å². The van der Waals surface area contributed by atoms with E-state index in [0.717, 1.165) is 32.5 Å². The summed E-state index contributed by atoms with van der Waals surface area (Å²) in [4.78, 5) is 13.5. The summed E-state index contributed by atoms with van der Waals surface area (Å²) in [6.07, 6.45) is 2.09. The van der Waals surface area contributed by atoms with Crippen molar-refractivity contribution < 1.29 is 4.79 Å². The quantitative estimate of drug-likeness (QED) is 0.594. The summed E-state index contributed by atoms with van der Waals surface area (Å²) in [7, 11) is 1.90. The van der Waals surface area contributed by atoms with Crippen molar-refractivity contribution >= 4 is 18.3 Å². The predicted octanol–water partition coefficient (Wildman–Crippen LogP) is 0.250. The normalized spacial score (nSPS) is 34.4. The van der Waals surface area contributed by atoms with Gasteiger partial charge in [-0.2, -0.15) is 0 Å². The molecule has 70 valence electrons. The molecule has 0 aliphatic carbocycles. The van der Waals surface area contributed by atoms with Crippen LogP contribution in [0.15, 0.2) is 0 Å². The van der Waals surface area contributed by atoms with Gasteiger partial charge in [0.15, 0.2) is 0 Å². The van der Waals surface area contributed by atoms with Crippen LogP contribution in [0.25, 0.3) is 0 Å². The number of carbonyl (C=O) groups excluding carboxylic acids is 1. The average molecular weight is 191 g/mol. The third-order valence-electron chi connectivity index (χ3n) is 2.97. The van der Waals surface area contributed by atoms with E-state index in [9.17, 15) is 4.79 Å². The molecule has 2 fully saturated rings. The van der Waals surface area contributed by atoms with Gasteiger partial charge >= 0.3 is 0 Å². The molecule has 2 heterocycles. The zero-order chi connectivity index (χ0) is 7.90. The van der Waals surface area contributed by atoms with Gasteiger partial charge in [-0.1, -0.05) is 0 Å². The third-order valence-corrected chi connectivity index (χ3v) is 2.97. The molecule has 4 heteroatoms. The summed E-state index contributed by atoms with van der Waals surface area (Å²) in [6.45, 7) is 2.86. The Morgan fingerprint density at radius 2 is 2.25 bits per heavy atom. The molecule has 0 saturated carbocycles. The second-order valence-electron chi connectivity index (χ2n) is 3.68. The topological polar surface area (TPSA) is 32.3 Å². The number of hydrogen-bond acceptors (Lipinski definition) is 2. The summed E-state index contributed by atoms with van der Waals surface area (Å²) in [5.41, 5.74) is -0.00521. The first-order valence-electron chi connectivity index (χ1n) is 4.21. The molecule has 0 aromatic heterocycles. The lowest BCUT2D eigenvalue weighted by molar-refractivity contribution is -0.134. The molecule has 0 radical (unpaired) electrons. The molecule has 0 bridgehead atoms. The Morgan fingerprint density at radius 1 is 1.50 bits per heavy atom. The lowest BCUT2D eigenvalue weighted by Gasteiger charge is -2.18. The van der Waals surface area contributed by atoms with Gasteiger partial charge in [-0.15, -0.1) is 12.4 Å². The molecule has 0 aromatic carbocycles. The lowest BCUT2D eigenvalue weighted by atomic mass is 9.86. The summed E-state index contributed by atoms with van der Waals surface area (Å²) in [5, 5.41) is 3.26. The second-order valence-corrected chi connectivity index (χ2v) is 3.68. The molecule has 2 rings (SSSR count). The largest absolute Gasteiger partial charge is 0.345 e. The van der Waals surface area contributed by atoms with Gasteiger partial charge in [0.2, 0.25) is 5.91 Å². The highest BCUT2D eigenvalue weighted by atomic mass is 35.5. The molecule has 1 spiro atoms. The van der Waals surface area contributed by atoms with Crippen molar-refractivity contribution in [1.29, 1.82) is 0 Å². The van der Waals surface area contributed by atoms with Crippen molar-refractivity contribution in [2.75, 3.05) is 26.7 Å². The number of nitrogens with zero attached hydrogens (tertiary/aromatic N) is 1. The molecular weight excluding hydrogens is 176 g/mol. The Kier molecular flexibility index (Phi) is 2.64. The number of amides is 1. The Labute approximate surface area is 78.9 Å². The monoisotopic (exact) mass is 190 g/mol. The van der Waals surface area contributed by atoms with Crippen LogP contribution < -0.4 is 5.32 Å². The van der Waals surface area contributed by atoms with Gasteiger partial charge in [-0.25, -0.2) is 0 Å². The summed E-state index contributed by atoms with van der Waals surface area (Å²) >= 11 is 0. The summed E-state index contributed by atoms with van der Waals surface area (Å²) < 4.78 is 0. The highest BCUT2D eigenvalue weighted by molar-refractivity contribution is 5.85. The van der Waals surface area contributed by atoms with Crippen molar-refractivity contribution in [1.82, 2.24) is 10.2 Å². The number of hydrogen-bond donors (Lipinski definition) is 1. The van der Waals surface area contributed by atoms with Crippen molar-refractivity contribution in [2.45, 2.75) is 12.8 Å². The minimum Gasteiger partial charge on any atom is -0.345 e. The number of nitrogens with one attached hydrogen (secondary N) is 1. The minimum atomic E-state index is -0.00521. The van der Waals surface area contributed by atoms with Gasteiger partial charge < -0.3 is 10.2 Å². The zero-order valence-electron chi connectivity index (χ0n) is 7.30.